The lowest BCUT2D eigenvalue weighted by molar-refractivity contribution is -0.137. The van der Waals surface area contributed by atoms with E-state index in [1.807, 2.05) is 6.07 Å². The van der Waals surface area contributed by atoms with Crippen LogP contribution in [0.2, 0.25) is 0 Å². The van der Waals surface area contributed by atoms with Crippen molar-refractivity contribution in [2.45, 2.75) is 63.1 Å². The van der Waals surface area contributed by atoms with E-state index in [1.165, 1.54) is 11.1 Å². The molecule has 0 spiro atoms. The molecule has 0 amide bonds. The zero-order valence-corrected chi connectivity index (χ0v) is 12.4. The van der Waals surface area contributed by atoms with E-state index >= 15 is 0 Å². The van der Waals surface area contributed by atoms with Crippen molar-refractivity contribution in [1.82, 2.24) is 0 Å². The first-order valence-electron chi connectivity index (χ1n) is 7.33. The normalized spacial score (nSPS) is 38.5. The Balaban J connectivity index is 2.04. The van der Waals surface area contributed by atoms with Crippen molar-refractivity contribution in [2.24, 2.45) is 0 Å². The molecule has 3 unspecified atom stereocenters. The molecule has 1 aromatic carbocycles. The highest BCUT2D eigenvalue weighted by Crippen LogP contribution is 2.63. The van der Waals surface area contributed by atoms with Crippen LogP contribution in [0.5, 0.6) is 0 Å². The number of carboxylic acids is 1. The van der Waals surface area contributed by atoms with E-state index in [1.54, 1.807) is 0 Å². The Morgan fingerprint density at radius 3 is 2.50 bits per heavy atom. The van der Waals surface area contributed by atoms with Gasteiger partial charge in [-0.2, -0.15) is 0 Å². The summed E-state index contributed by atoms with van der Waals surface area (Å²) in [5.74, 6) is -0.716. The average Bonchev–Trinajstić information content (AvgIpc) is 2.99. The Kier molecular flexibility index (Phi) is 2.78. The van der Waals surface area contributed by atoms with Crippen LogP contribution in [-0.2, 0) is 20.5 Å². The maximum atomic E-state index is 11.0. The maximum absolute atomic E-state index is 11.0. The van der Waals surface area contributed by atoms with Crippen molar-refractivity contribution in [3.63, 3.8) is 0 Å². The third-order valence-electron chi connectivity index (χ3n) is 5.53. The van der Waals surface area contributed by atoms with E-state index < -0.39 is 5.97 Å². The highest BCUT2D eigenvalue weighted by molar-refractivity contribution is 5.67. The van der Waals surface area contributed by atoms with Gasteiger partial charge in [0, 0.05) is 6.42 Å². The van der Waals surface area contributed by atoms with E-state index in [0.717, 1.165) is 12.8 Å². The van der Waals surface area contributed by atoms with Crippen molar-refractivity contribution in [2.75, 3.05) is 0 Å². The molecule has 2 aliphatic rings. The van der Waals surface area contributed by atoms with Gasteiger partial charge in [-0.25, -0.2) is 0 Å². The van der Waals surface area contributed by atoms with Crippen LogP contribution < -0.4 is 0 Å². The summed E-state index contributed by atoms with van der Waals surface area (Å²) in [6.45, 7) is 6.54. The van der Waals surface area contributed by atoms with Crippen LogP contribution in [0.4, 0.5) is 0 Å². The molecule has 1 aliphatic heterocycles. The van der Waals surface area contributed by atoms with Crippen molar-refractivity contribution < 1.29 is 14.6 Å². The highest BCUT2D eigenvalue weighted by Gasteiger charge is 2.66. The monoisotopic (exact) mass is 274 g/mol. The number of fused-ring (bicyclic) bond motifs is 3. The van der Waals surface area contributed by atoms with Gasteiger partial charge in [0.05, 0.1) is 5.60 Å². The number of carbonyl (C=O) groups is 1. The molecule has 1 heterocycles. The quantitative estimate of drug-likeness (QED) is 0.857. The smallest absolute Gasteiger partial charge is 0.303 e. The summed E-state index contributed by atoms with van der Waals surface area (Å²) in [6, 6.07) is 8.39. The third-order valence-corrected chi connectivity index (χ3v) is 5.53. The molecule has 3 atom stereocenters. The van der Waals surface area contributed by atoms with E-state index in [2.05, 4.69) is 39.0 Å². The number of hydrogen-bond donors (Lipinski definition) is 1. The van der Waals surface area contributed by atoms with Crippen LogP contribution in [0.3, 0.4) is 0 Å². The number of ether oxygens (including phenoxy) is 1. The average molecular weight is 274 g/mol. The summed E-state index contributed by atoms with van der Waals surface area (Å²) in [5, 5.41) is 9.01. The Bertz CT molecular complexity index is 567. The van der Waals surface area contributed by atoms with Gasteiger partial charge in [-0.3, -0.25) is 4.79 Å². The number of carboxylic acid groups (broad SMARTS) is 1. The van der Waals surface area contributed by atoms with E-state index in [-0.39, 0.29) is 23.0 Å². The van der Waals surface area contributed by atoms with Gasteiger partial charge in [-0.05, 0) is 49.7 Å². The van der Waals surface area contributed by atoms with E-state index in [4.69, 9.17) is 9.84 Å². The van der Waals surface area contributed by atoms with Gasteiger partial charge in [0.1, 0.15) is 5.60 Å². The van der Waals surface area contributed by atoms with Gasteiger partial charge < -0.3 is 9.84 Å². The van der Waals surface area contributed by atoms with Crippen LogP contribution in [0.25, 0.3) is 0 Å². The number of epoxide rings is 1. The van der Waals surface area contributed by atoms with Gasteiger partial charge in [0.2, 0.25) is 0 Å². The van der Waals surface area contributed by atoms with Gasteiger partial charge in [-0.1, -0.05) is 31.2 Å². The van der Waals surface area contributed by atoms with Gasteiger partial charge in [0.15, 0.2) is 0 Å². The molecule has 0 aromatic heterocycles. The zero-order valence-electron chi connectivity index (χ0n) is 12.4. The van der Waals surface area contributed by atoms with E-state index in [9.17, 15) is 4.79 Å². The second-order valence-corrected chi connectivity index (χ2v) is 6.87. The van der Waals surface area contributed by atoms with Crippen molar-refractivity contribution in [3.8, 4) is 0 Å². The first-order valence-corrected chi connectivity index (χ1v) is 7.33. The molecule has 1 aromatic rings. The molecule has 108 valence electrons. The first-order chi connectivity index (χ1) is 9.31. The summed E-state index contributed by atoms with van der Waals surface area (Å²) in [7, 11) is 0. The highest BCUT2D eigenvalue weighted by atomic mass is 16.6. The SMILES string of the molecule is CC1(CCC(=O)O)CCC2(C)OC2(C)c2ccccc21. The van der Waals surface area contributed by atoms with Crippen molar-refractivity contribution in [1.29, 1.82) is 0 Å². The largest absolute Gasteiger partial charge is 0.481 e. The van der Waals surface area contributed by atoms with Crippen LogP contribution in [0.15, 0.2) is 24.3 Å². The summed E-state index contributed by atoms with van der Waals surface area (Å²) in [5.41, 5.74) is 2.14. The molecule has 20 heavy (non-hydrogen) atoms. The summed E-state index contributed by atoms with van der Waals surface area (Å²) >= 11 is 0. The standard InChI is InChI=1S/C17H22O3/c1-15(9-8-14(18)19)10-11-16(2)17(3,20-16)13-7-5-4-6-12(13)15/h4-7H,8-11H2,1-3H3,(H,18,19). The molecule has 3 nitrogen and oxygen atoms in total. The van der Waals surface area contributed by atoms with Crippen LogP contribution in [-0.4, -0.2) is 16.7 Å². The Morgan fingerprint density at radius 2 is 1.85 bits per heavy atom. The van der Waals surface area contributed by atoms with Crippen molar-refractivity contribution in [3.05, 3.63) is 35.4 Å². The molecule has 0 radical (unpaired) electrons. The molecule has 1 aliphatic carbocycles. The molecular weight excluding hydrogens is 252 g/mol. The minimum atomic E-state index is -0.716. The second kappa shape index (κ2) is 4.08. The number of aliphatic carboxylic acids is 1. The first kappa shape index (κ1) is 13.6. The lowest BCUT2D eigenvalue weighted by Gasteiger charge is -2.31. The third kappa shape index (κ3) is 1.80. The topological polar surface area (TPSA) is 49.8 Å². The fourth-order valence-electron chi connectivity index (χ4n) is 3.77. The fourth-order valence-corrected chi connectivity index (χ4v) is 3.77. The molecule has 3 heteroatoms. The maximum Gasteiger partial charge on any atom is 0.303 e. The van der Waals surface area contributed by atoms with Gasteiger partial charge >= 0.3 is 5.97 Å². The fraction of sp³-hybridized carbons (Fsp3) is 0.588. The zero-order chi connectivity index (χ0) is 14.6. The number of hydrogen-bond acceptors (Lipinski definition) is 2. The molecule has 1 N–H and O–H groups in total. The second-order valence-electron chi connectivity index (χ2n) is 6.87. The molecule has 1 fully saturated rings. The minimum absolute atomic E-state index is 0.0716. The molecular formula is C17H22O3. The van der Waals surface area contributed by atoms with E-state index in [0.29, 0.717) is 6.42 Å². The van der Waals surface area contributed by atoms with Crippen LogP contribution in [0, 0.1) is 0 Å². The van der Waals surface area contributed by atoms with Gasteiger partial charge in [0.25, 0.3) is 0 Å². The van der Waals surface area contributed by atoms with Crippen LogP contribution >= 0.6 is 0 Å². The Morgan fingerprint density at radius 1 is 1.20 bits per heavy atom. The number of rotatable bonds is 3. The summed E-state index contributed by atoms with van der Waals surface area (Å²) in [4.78, 5) is 11.0. The predicted octanol–water partition coefficient (Wildman–Crippen LogP) is 3.61. The van der Waals surface area contributed by atoms with Crippen molar-refractivity contribution >= 4 is 5.97 Å². The summed E-state index contributed by atoms with van der Waals surface area (Å²) < 4.78 is 6.06. The lowest BCUT2D eigenvalue weighted by Crippen LogP contribution is -2.25. The number of benzene rings is 1. The molecule has 3 rings (SSSR count). The Labute approximate surface area is 120 Å². The van der Waals surface area contributed by atoms with Gasteiger partial charge in [-0.15, -0.1) is 0 Å². The molecule has 1 saturated heterocycles. The van der Waals surface area contributed by atoms with Crippen LogP contribution in [0.1, 0.15) is 57.6 Å². The summed E-state index contributed by atoms with van der Waals surface area (Å²) in [6.07, 6.45) is 2.86. The molecule has 0 saturated carbocycles. The molecule has 0 bridgehead atoms. The predicted molar refractivity (Wildman–Crippen MR) is 76.7 cm³/mol. The minimum Gasteiger partial charge on any atom is -0.481 e. The Hall–Kier alpha value is -1.35. The lowest BCUT2D eigenvalue weighted by atomic mass is 9.74.